The molecule has 2 unspecified atom stereocenters. The lowest BCUT2D eigenvalue weighted by Crippen LogP contribution is -2.46. The molecule has 0 spiro atoms. The van der Waals surface area contributed by atoms with E-state index in [0.717, 1.165) is 18.5 Å². The molecule has 1 aliphatic heterocycles. The summed E-state index contributed by atoms with van der Waals surface area (Å²) in [4.78, 5) is 14.4. The average Bonchev–Trinajstić information content (AvgIpc) is 3.05. The number of para-hydroxylation sites is 1. The van der Waals surface area contributed by atoms with Gasteiger partial charge in [-0.3, -0.25) is 4.79 Å². The Kier molecular flexibility index (Phi) is 4.20. The fourth-order valence-electron chi connectivity index (χ4n) is 2.83. The zero-order chi connectivity index (χ0) is 15.5. The van der Waals surface area contributed by atoms with Crippen LogP contribution < -0.4 is 0 Å². The van der Waals surface area contributed by atoms with Gasteiger partial charge in [-0.2, -0.15) is 0 Å². The van der Waals surface area contributed by atoms with E-state index in [1.54, 1.807) is 15.8 Å². The van der Waals surface area contributed by atoms with E-state index in [9.17, 15) is 9.90 Å². The van der Waals surface area contributed by atoms with Crippen molar-refractivity contribution in [1.82, 2.24) is 19.9 Å². The molecule has 0 saturated carbocycles. The first-order valence-electron chi connectivity index (χ1n) is 7.58. The van der Waals surface area contributed by atoms with Crippen LogP contribution in [0.3, 0.4) is 0 Å². The molecule has 116 valence electrons. The molecule has 6 heteroatoms. The van der Waals surface area contributed by atoms with Crippen LogP contribution in [0, 0.1) is 5.92 Å². The van der Waals surface area contributed by atoms with Crippen molar-refractivity contribution >= 4 is 5.91 Å². The van der Waals surface area contributed by atoms with Crippen LogP contribution in [0.5, 0.6) is 0 Å². The SMILES string of the molecule is CC1CCC(CO)CN1C(=O)c1cn(-c2ccccc2)nn1. The monoisotopic (exact) mass is 300 g/mol. The minimum atomic E-state index is -0.118. The molecular formula is C16H20N4O2. The Bertz CT molecular complexity index is 641. The maximum absolute atomic E-state index is 12.6. The van der Waals surface area contributed by atoms with E-state index in [-0.39, 0.29) is 24.5 Å². The quantitative estimate of drug-likeness (QED) is 0.932. The molecule has 22 heavy (non-hydrogen) atoms. The number of hydrogen-bond donors (Lipinski definition) is 1. The van der Waals surface area contributed by atoms with E-state index >= 15 is 0 Å². The van der Waals surface area contributed by atoms with Gasteiger partial charge in [0.05, 0.1) is 11.9 Å². The van der Waals surface area contributed by atoms with Gasteiger partial charge in [-0.25, -0.2) is 4.68 Å². The highest BCUT2D eigenvalue weighted by Gasteiger charge is 2.30. The van der Waals surface area contributed by atoms with E-state index in [1.165, 1.54) is 0 Å². The molecule has 1 N–H and O–H groups in total. The van der Waals surface area contributed by atoms with Crippen LogP contribution >= 0.6 is 0 Å². The first-order valence-corrected chi connectivity index (χ1v) is 7.58. The second kappa shape index (κ2) is 6.27. The van der Waals surface area contributed by atoms with Crippen LogP contribution in [-0.4, -0.2) is 50.1 Å². The number of carbonyl (C=O) groups excluding carboxylic acids is 1. The molecule has 2 heterocycles. The molecule has 1 saturated heterocycles. The normalized spacial score (nSPS) is 21.8. The van der Waals surface area contributed by atoms with Crippen LogP contribution in [-0.2, 0) is 0 Å². The van der Waals surface area contributed by atoms with Gasteiger partial charge in [0.2, 0.25) is 0 Å². The fraction of sp³-hybridized carbons (Fsp3) is 0.438. The first kappa shape index (κ1) is 14.7. The largest absolute Gasteiger partial charge is 0.396 e. The third kappa shape index (κ3) is 2.87. The minimum Gasteiger partial charge on any atom is -0.396 e. The first-order chi connectivity index (χ1) is 10.7. The Morgan fingerprint density at radius 2 is 2.09 bits per heavy atom. The van der Waals surface area contributed by atoms with Gasteiger partial charge in [-0.15, -0.1) is 5.10 Å². The number of aromatic nitrogens is 3. The third-order valence-electron chi connectivity index (χ3n) is 4.23. The summed E-state index contributed by atoms with van der Waals surface area (Å²) < 4.78 is 1.60. The van der Waals surface area contributed by atoms with Crippen molar-refractivity contribution in [2.24, 2.45) is 5.92 Å². The standard InChI is InChI=1S/C16H20N4O2/c1-12-7-8-13(11-21)9-19(12)16(22)15-10-20(18-17-15)14-5-3-2-4-6-14/h2-6,10,12-13,21H,7-9,11H2,1H3. The summed E-state index contributed by atoms with van der Waals surface area (Å²) in [5.74, 6) is 0.0390. The Labute approximate surface area is 129 Å². The van der Waals surface area contributed by atoms with Crippen LogP contribution in [0.25, 0.3) is 5.69 Å². The number of piperidine rings is 1. The Morgan fingerprint density at radius 3 is 2.82 bits per heavy atom. The van der Waals surface area contributed by atoms with Gasteiger partial charge in [-0.1, -0.05) is 23.4 Å². The molecule has 1 aliphatic rings. The van der Waals surface area contributed by atoms with E-state index < -0.39 is 0 Å². The number of carbonyl (C=O) groups is 1. The average molecular weight is 300 g/mol. The predicted octanol–water partition coefficient (Wildman–Crippen LogP) is 1.50. The Balaban J connectivity index is 1.79. The van der Waals surface area contributed by atoms with Gasteiger partial charge in [0.15, 0.2) is 5.69 Å². The molecule has 0 radical (unpaired) electrons. The minimum absolute atomic E-state index is 0.118. The summed E-state index contributed by atoms with van der Waals surface area (Å²) in [6.07, 6.45) is 3.52. The van der Waals surface area contributed by atoms with Gasteiger partial charge >= 0.3 is 0 Å². The predicted molar refractivity (Wildman–Crippen MR) is 81.7 cm³/mol. The lowest BCUT2D eigenvalue weighted by Gasteiger charge is -2.36. The summed E-state index contributed by atoms with van der Waals surface area (Å²) in [5.41, 5.74) is 1.21. The van der Waals surface area contributed by atoms with Gasteiger partial charge < -0.3 is 10.0 Å². The molecule has 2 atom stereocenters. The number of hydrogen-bond acceptors (Lipinski definition) is 4. The topological polar surface area (TPSA) is 71.2 Å². The van der Waals surface area contributed by atoms with Gasteiger partial charge in [0.1, 0.15) is 0 Å². The maximum Gasteiger partial charge on any atom is 0.276 e. The van der Waals surface area contributed by atoms with Gasteiger partial charge in [0.25, 0.3) is 5.91 Å². The number of amides is 1. The van der Waals surface area contributed by atoms with Crippen molar-refractivity contribution in [2.45, 2.75) is 25.8 Å². The zero-order valence-corrected chi connectivity index (χ0v) is 12.6. The molecule has 2 aromatic rings. The number of benzene rings is 1. The number of nitrogens with zero attached hydrogens (tertiary/aromatic N) is 4. The van der Waals surface area contributed by atoms with Crippen molar-refractivity contribution in [3.05, 3.63) is 42.2 Å². The van der Waals surface area contributed by atoms with Crippen LogP contribution in [0.15, 0.2) is 36.5 Å². The smallest absolute Gasteiger partial charge is 0.276 e. The van der Waals surface area contributed by atoms with Crippen molar-refractivity contribution in [3.63, 3.8) is 0 Å². The summed E-state index contributed by atoms with van der Waals surface area (Å²) in [6.45, 7) is 2.73. The van der Waals surface area contributed by atoms with Gasteiger partial charge in [-0.05, 0) is 37.8 Å². The van der Waals surface area contributed by atoms with E-state index in [2.05, 4.69) is 10.3 Å². The molecule has 1 amide bonds. The van der Waals surface area contributed by atoms with Crippen molar-refractivity contribution < 1.29 is 9.90 Å². The number of aliphatic hydroxyl groups is 1. The number of aliphatic hydroxyl groups excluding tert-OH is 1. The molecular weight excluding hydrogens is 280 g/mol. The molecule has 3 rings (SSSR count). The van der Waals surface area contributed by atoms with E-state index in [4.69, 9.17) is 0 Å². The number of rotatable bonds is 3. The van der Waals surface area contributed by atoms with Crippen molar-refractivity contribution in [2.75, 3.05) is 13.2 Å². The Morgan fingerprint density at radius 1 is 1.32 bits per heavy atom. The lowest BCUT2D eigenvalue weighted by molar-refractivity contribution is 0.0483. The second-order valence-electron chi connectivity index (χ2n) is 5.82. The summed E-state index contributed by atoms with van der Waals surface area (Å²) in [6, 6.07) is 9.74. The highest BCUT2D eigenvalue weighted by molar-refractivity contribution is 5.92. The lowest BCUT2D eigenvalue weighted by atomic mass is 9.94. The fourth-order valence-corrected chi connectivity index (χ4v) is 2.83. The van der Waals surface area contributed by atoms with Crippen LogP contribution in [0.2, 0.25) is 0 Å². The molecule has 1 aromatic carbocycles. The summed E-state index contributed by atoms with van der Waals surface area (Å²) in [5, 5.41) is 17.4. The molecule has 6 nitrogen and oxygen atoms in total. The zero-order valence-electron chi connectivity index (χ0n) is 12.6. The molecule has 0 aliphatic carbocycles. The van der Waals surface area contributed by atoms with Crippen LogP contribution in [0.4, 0.5) is 0 Å². The van der Waals surface area contributed by atoms with Crippen molar-refractivity contribution in [1.29, 1.82) is 0 Å². The van der Waals surface area contributed by atoms with Crippen molar-refractivity contribution in [3.8, 4) is 5.69 Å². The van der Waals surface area contributed by atoms with E-state index in [1.807, 2.05) is 37.3 Å². The molecule has 1 fully saturated rings. The third-order valence-corrected chi connectivity index (χ3v) is 4.23. The van der Waals surface area contributed by atoms with Crippen LogP contribution in [0.1, 0.15) is 30.3 Å². The summed E-state index contributed by atoms with van der Waals surface area (Å²) >= 11 is 0. The second-order valence-corrected chi connectivity index (χ2v) is 5.82. The van der Waals surface area contributed by atoms with Gasteiger partial charge in [0, 0.05) is 19.2 Å². The maximum atomic E-state index is 12.6. The highest BCUT2D eigenvalue weighted by atomic mass is 16.3. The van der Waals surface area contributed by atoms with E-state index in [0.29, 0.717) is 12.2 Å². The molecule has 0 bridgehead atoms. The Hall–Kier alpha value is -2.21. The molecule has 1 aromatic heterocycles. The summed E-state index contributed by atoms with van der Waals surface area (Å²) in [7, 11) is 0. The number of likely N-dealkylation sites (tertiary alicyclic amines) is 1. The highest BCUT2D eigenvalue weighted by Crippen LogP contribution is 2.23.